The normalized spacial score (nSPS) is 12.3. The molecule has 0 N–H and O–H groups in total. The van der Waals surface area contributed by atoms with Crippen LogP contribution in [0.15, 0.2) is 0 Å². The average molecular weight is 154 g/mol. The van der Waals surface area contributed by atoms with Crippen molar-refractivity contribution in [3.05, 3.63) is 0 Å². The highest BCUT2D eigenvalue weighted by atomic mass is 14.2. The number of rotatable bonds is 4. The lowest BCUT2D eigenvalue weighted by atomic mass is 9.42. The molecule has 0 bridgehead atoms. The Bertz CT molecular complexity index is 105. The molecule has 0 aliphatic heterocycles. The molecule has 0 saturated heterocycles. The summed E-state index contributed by atoms with van der Waals surface area (Å²) in [6, 6.07) is 0. The molecule has 0 rings (SSSR count). The van der Waals surface area contributed by atoms with Gasteiger partial charge in [-0.3, -0.25) is 0 Å². The largest absolute Gasteiger partial charge is 0.136 e. The molecule has 11 heavy (non-hydrogen) atoms. The average Bonchev–Trinajstić information content (AvgIpc) is 1.86. The Labute approximate surface area is 72.8 Å². The van der Waals surface area contributed by atoms with Crippen molar-refractivity contribution in [1.82, 2.24) is 0 Å². The lowest BCUT2D eigenvalue weighted by Crippen LogP contribution is -2.24. The zero-order chi connectivity index (χ0) is 9.07. The van der Waals surface area contributed by atoms with Gasteiger partial charge in [0.1, 0.15) is 6.71 Å². The van der Waals surface area contributed by atoms with Gasteiger partial charge in [-0.05, 0) is 11.3 Å². The third-order valence-corrected chi connectivity index (χ3v) is 3.13. The van der Waals surface area contributed by atoms with E-state index in [1.54, 1.807) is 0 Å². The maximum absolute atomic E-state index is 2.38. The standard InChI is InChI=1S/C10H23B/c1-7-11(6)8-10(4,5)9(2)3/h9H,7-8H2,1-6H3. The SMILES string of the molecule is CCB(C)CC(C)(C)C(C)C. The molecular formula is C10H23B. The third kappa shape index (κ3) is 3.84. The summed E-state index contributed by atoms with van der Waals surface area (Å²) in [5, 5.41) is 0. The first-order chi connectivity index (χ1) is 4.90. The highest BCUT2D eigenvalue weighted by Crippen LogP contribution is 2.32. The summed E-state index contributed by atoms with van der Waals surface area (Å²) in [6.45, 7) is 14.9. The lowest BCUT2D eigenvalue weighted by molar-refractivity contribution is 0.281. The minimum Gasteiger partial charge on any atom is -0.0861 e. The van der Waals surface area contributed by atoms with E-state index in [2.05, 4.69) is 41.4 Å². The summed E-state index contributed by atoms with van der Waals surface area (Å²) in [5.74, 6) is 0.802. The summed E-state index contributed by atoms with van der Waals surface area (Å²) in [4.78, 5) is 0. The monoisotopic (exact) mass is 154 g/mol. The molecule has 0 aromatic carbocycles. The van der Waals surface area contributed by atoms with E-state index in [4.69, 9.17) is 0 Å². The van der Waals surface area contributed by atoms with Crippen molar-refractivity contribution >= 4 is 6.71 Å². The van der Waals surface area contributed by atoms with Crippen molar-refractivity contribution < 1.29 is 0 Å². The summed E-state index contributed by atoms with van der Waals surface area (Å²) in [7, 11) is 0. The molecule has 0 spiro atoms. The Morgan fingerprint density at radius 1 is 1.27 bits per heavy atom. The Morgan fingerprint density at radius 3 is 2.00 bits per heavy atom. The highest BCUT2D eigenvalue weighted by Gasteiger charge is 2.24. The molecule has 0 aromatic heterocycles. The molecule has 0 amide bonds. The second kappa shape index (κ2) is 4.18. The molecule has 0 fully saturated rings. The number of hydrogen-bond acceptors (Lipinski definition) is 0. The molecule has 0 nitrogen and oxygen atoms in total. The molecule has 66 valence electrons. The van der Waals surface area contributed by atoms with Crippen LogP contribution in [-0.2, 0) is 0 Å². The van der Waals surface area contributed by atoms with E-state index in [1.807, 2.05) is 0 Å². The van der Waals surface area contributed by atoms with Crippen molar-refractivity contribution in [1.29, 1.82) is 0 Å². The van der Waals surface area contributed by atoms with Crippen molar-refractivity contribution in [2.45, 2.75) is 54.1 Å². The first-order valence-corrected chi connectivity index (χ1v) is 4.90. The molecular weight excluding hydrogens is 131 g/mol. The molecule has 0 atom stereocenters. The Morgan fingerprint density at radius 2 is 1.73 bits per heavy atom. The van der Waals surface area contributed by atoms with Gasteiger partial charge < -0.3 is 0 Å². The van der Waals surface area contributed by atoms with Gasteiger partial charge in [0.05, 0.1) is 0 Å². The molecule has 0 unspecified atom stereocenters. The second-order valence-corrected chi connectivity index (χ2v) is 4.86. The molecule has 0 aromatic rings. The van der Waals surface area contributed by atoms with Gasteiger partial charge in [-0.2, -0.15) is 0 Å². The molecule has 0 aliphatic carbocycles. The van der Waals surface area contributed by atoms with E-state index in [-0.39, 0.29) is 0 Å². The smallest absolute Gasteiger partial charge is 0.0861 e. The molecule has 0 heterocycles. The molecule has 1 heteroatoms. The van der Waals surface area contributed by atoms with Gasteiger partial charge in [-0.1, -0.05) is 54.1 Å². The van der Waals surface area contributed by atoms with Crippen LogP contribution in [0.25, 0.3) is 0 Å². The minimum atomic E-state index is 0.523. The first kappa shape index (κ1) is 11.1. The Kier molecular flexibility index (Phi) is 4.21. The lowest BCUT2D eigenvalue weighted by Gasteiger charge is -2.31. The fraction of sp³-hybridized carbons (Fsp3) is 1.00. The molecule has 0 radical (unpaired) electrons. The van der Waals surface area contributed by atoms with E-state index < -0.39 is 0 Å². The molecule has 0 aliphatic rings. The number of hydrogen-bond donors (Lipinski definition) is 0. The van der Waals surface area contributed by atoms with E-state index >= 15 is 0 Å². The fourth-order valence-corrected chi connectivity index (χ4v) is 1.28. The van der Waals surface area contributed by atoms with Gasteiger partial charge in [0.15, 0.2) is 0 Å². The van der Waals surface area contributed by atoms with Gasteiger partial charge >= 0.3 is 0 Å². The Balaban J connectivity index is 3.90. The van der Waals surface area contributed by atoms with Gasteiger partial charge in [-0.15, -0.1) is 0 Å². The van der Waals surface area contributed by atoms with Crippen LogP contribution in [0, 0.1) is 11.3 Å². The van der Waals surface area contributed by atoms with Crippen molar-refractivity contribution in [2.75, 3.05) is 0 Å². The quantitative estimate of drug-likeness (QED) is 0.540. The second-order valence-electron chi connectivity index (χ2n) is 4.86. The van der Waals surface area contributed by atoms with Crippen LogP contribution in [0.1, 0.15) is 34.6 Å². The van der Waals surface area contributed by atoms with E-state index in [1.165, 1.54) is 12.6 Å². The van der Waals surface area contributed by atoms with Crippen molar-refractivity contribution in [3.8, 4) is 0 Å². The van der Waals surface area contributed by atoms with Gasteiger partial charge in [0.25, 0.3) is 0 Å². The van der Waals surface area contributed by atoms with E-state index in [0.29, 0.717) is 5.41 Å². The first-order valence-electron chi connectivity index (χ1n) is 4.90. The minimum absolute atomic E-state index is 0.523. The summed E-state index contributed by atoms with van der Waals surface area (Å²) < 4.78 is 0. The Hall–Kier alpha value is 0.0649. The van der Waals surface area contributed by atoms with Crippen LogP contribution >= 0.6 is 0 Å². The maximum atomic E-state index is 2.38. The predicted molar refractivity (Wildman–Crippen MR) is 55.5 cm³/mol. The predicted octanol–water partition coefficient (Wildman–Crippen LogP) is 3.81. The fourth-order valence-electron chi connectivity index (χ4n) is 1.28. The van der Waals surface area contributed by atoms with Crippen LogP contribution in [0.5, 0.6) is 0 Å². The zero-order valence-electron chi connectivity index (χ0n) is 9.07. The van der Waals surface area contributed by atoms with Crippen LogP contribution in [-0.4, -0.2) is 6.71 Å². The van der Waals surface area contributed by atoms with Crippen molar-refractivity contribution in [3.63, 3.8) is 0 Å². The summed E-state index contributed by atoms with van der Waals surface area (Å²) in [6.07, 6.45) is 2.68. The maximum Gasteiger partial charge on any atom is 0.136 e. The van der Waals surface area contributed by atoms with Crippen LogP contribution < -0.4 is 0 Å². The van der Waals surface area contributed by atoms with E-state index in [0.717, 1.165) is 12.6 Å². The summed E-state index contributed by atoms with van der Waals surface area (Å²) >= 11 is 0. The highest BCUT2D eigenvalue weighted by molar-refractivity contribution is 6.57. The van der Waals surface area contributed by atoms with Crippen LogP contribution in [0.2, 0.25) is 19.5 Å². The topological polar surface area (TPSA) is 0 Å². The van der Waals surface area contributed by atoms with Gasteiger partial charge in [0.2, 0.25) is 0 Å². The van der Waals surface area contributed by atoms with Gasteiger partial charge in [-0.25, -0.2) is 0 Å². The van der Waals surface area contributed by atoms with E-state index in [9.17, 15) is 0 Å². The molecule has 0 saturated carbocycles. The van der Waals surface area contributed by atoms with Gasteiger partial charge in [0, 0.05) is 0 Å². The zero-order valence-corrected chi connectivity index (χ0v) is 9.07. The third-order valence-electron chi connectivity index (χ3n) is 3.13. The van der Waals surface area contributed by atoms with Crippen LogP contribution in [0.4, 0.5) is 0 Å². The van der Waals surface area contributed by atoms with Crippen molar-refractivity contribution in [2.24, 2.45) is 11.3 Å². The summed E-state index contributed by atoms with van der Waals surface area (Å²) in [5.41, 5.74) is 0.523. The van der Waals surface area contributed by atoms with Crippen LogP contribution in [0.3, 0.4) is 0 Å².